The van der Waals surface area contributed by atoms with Gasteiger partial charge in [0.05, 0.1) is 5.56 Å². The Morgan fingerprint density at radius 3 is 3.05 bits per heavy atom. The number of carbonyl (C=O) groups is 1. The number of ketones is 1. The van der Waals surface area contributed by atoms with E-state index in [0.29, 0.717) is 12.1 Å². The predicted octanol–water partition coefficient (Wildman–Crippen LogP) is 2.25. The van der Waals surface area contributed by atoms with Gasteiger partial charge in [-0.05, 0) is 50.7 Å². The Labute approximate surface area is 119 Å². The molecule has 2 heterocycles. The number of rotatable bonds is 2. The normalized spacial score (nSPS) is 21.4. The van der Waals surface area contributed by atoms with Crippen LogP contribution in [0, 0.1) is 17.2 Å². The number of fused-ring (bicyclic) bond motifs is 1. The SMILES string of the molecule is CC(=O)C1CCCN(c2nc3c(cc2C#N)CCC3)C1. The molecular formula is C16H19N3O. The minimum Gasteiger partial charge on any atom is -0.355 e. The molecule has 1 aliphatic heterocycles. The van der Waals surface area contributed by atoms with E-state index in [9.17, 15) is 10.1 Å². The van der Waals surface area contributed by atoms with Crippen LogP contribution in [0.25, 0.3) is 0 Å². The average Bonchev–Trinajstić information content (AvgIpc) is 2.93. The van der Waals surface area contributed by atoms with Crippen LogP contribution < -0.4 is 4.90 Å². The van der Waals surface area contributed by atoms with E-state index in [1.165, 1.54) is 5.56 Å². The fourth-order valence-corrected chi connectivity index (χ4v) is 3.29. The fraction of sp³-hybridized carbons (Fsp3) is 0.562. The van der Waals surface area contributed by atoms with E-state index in [1.807, 2.05) is 6.07 Å². The summed E-state index contributed by atoms with van der Waals surface area (Å²) in [5.74, 6) is 1.12. The molecule has 1 unspecified atom stereocenters. The molecule has 0 amide bonds. The molecule has 1 saturated heterocycles. The Morgan fingerprint density at radius 2 is 2.30 bits per heavy atom. The van der Waals surface area contributed by atoms with E-state index in [0.717, 1.165) is 50.2 Å². The van der Waals surface area contributed by atoms with Gasteiger partial charge in [0.15, 0.2) is 0 Å². The molecule has 1 aromatic rings. The number of nitrogens with zero attached hydrogens (tertiary/aromatic N) is 3. The van der Waals surface area contributed by atoms with E-state index in [4.69, 9.17) is 4.98 Å². The lowest BCUT2D eigenvalue weighted by atomic mass is 9.94. The Bertz CT molecular complexity index is 588. The lowest BCUT2D eigenvalue weighted by Gasteiger charge is -2.33. The zero-order valence-corrected chi connectivity index (χ0v) is 11.9. The molecule has 1 fully saturated rings. The van der Waals surface area contributed by atoms with E-state index < -0.39 is 0 Å². The molecule has 0 radical (unpaired) electrons. The largest absolute Gasteiger partial charge is 0.355 e. The van der Waals surface area contributed by atoms with Crippen molar-refractivity contribution in [1.82, 2.24) is 4.98 Å². The molecule has 2 aliphatic rings. The summed E-state index contributed by atoms with van der Waals surface area (Å²) in [6.07, 6.45) is 5.13. The number of hydrogen-bond acceptors (Lipinski definition) is 4. The number of piperidine rings is 1. The summed E-state index contributed by atoms with van der Waals surface area (Å²) in [5, 5.41) is 9.37. The molecule has 4 nitrogen and oxygen atoms in total. The van der Waals surface area contributed by atoms with Gasteiger partial charge in [0.25, 0.3) is 0 Å². The van der Waals surface area contributed by atoms with Crippen LogP contribution in [0.4, 0.5) is 5.82 Å². The molecule has 0 spiro atoms. The number of Topliss-reactive ketones (excluding diaryl/α,β-unsaturated/α-hetero) is 1. The molecule has 3 rings (SSSR count). The fourth-order valence-electron chi connectivity index (χ4n) is 3.29. The maximum absolute atomic E-state index is 11.6. The summed E-state index contributed by atoms with van der Waals surface area (Å²) in [4.78, 5) is 18.5. The second-order valence-corrected chi connectivity index (χ2v) is 5.83. The smallest absolute Gasteiger partial charge is 0.146 e. The lowest BCUT2D eigenvalue weighted by Crippen LogP contribution is -2.39. The van der Waals surface area contributed by atoms with Gasteiger partial charge in [-0.25, -0.2) is 4.98 Å². The van der Waals surface area contributed by atoms with E-state index in [-0.39, 0.29) is 11.7 Å². The van der Waals surface area contributed by atoms with Gasteiger partial charge < -0.3 is 4.90 Å². The topological polar surface area (TPSA) is 57.0 Å². The van der Waals surface area contributed by atoms with Crippen molar-refractivity contribution in [1.29, 1.82) is 5.26 Å². The van der Waals surface area contributed by atoms with Gasteiger partial charge in [-0.15, -0.1) is 0 Å². The molecule has 0 bridgehead atoms. The molecule has 0 aromatic carbocycles. The van der Waals surface area contributed by atoms with Crippen LogP contribution in [-0.2, 0) is 17.6 Å². The molecule has 1 aliphatic carbocycles. The van der Waals surface area contributed by atoms with Crippen molar-refractivity contribution in [3.05, 3.63) is 22.9 Å². The van der Waals surface area contributed by atoms with Crippen molar-refractivity contribution < 1.29 is 4.79 Å². The quantitative estimate of drug-likeness (QED) is 0.826. The van der Waals surface area contributed by atoms with Gasteiger partial charge in [-0.1, -0.05) is 0 Å². The van der Waals surface area contributed by atoms with Crippen molar-refractivity contribution in [3.63, 3.8) is 0 Å². The van der Waals surface area contributed by atoms with Gasteiger partial charge in [0.2, 0.25) is 0 Å². The number of anilines is 1. The number of aryl methyl sites for hydroxylation is 2. The third-order valence-electron chi connectivity index (χ3n) is 4.45. The molecule has 0 saturated carbocycles. The molecule has 1 atom stereocenters. The number of nitriles is 1. The number of aromatic nitrogens is 1. The van der Waals surface area contributed by atoms with Crippen LogP contribution in [0.3, 0.4) is 0 Å². The third-order valence-corrected chi connectivity index (χ3v) is 4.45. The second-order valence-electron chi connectivity index (χ2n) is 5.83. The summed E-state index contributed by atoms with van der Waals surface area (Å²) >= 11 is 0. The van der Waals surface area contributed by atoms with Crippen molar-refractivity contribution >= 4 is 11.6 Å². The zero-order chi connectivity index (χ0) is 14.1. The van der Waals surface area contributed by atoms with Gasteiger partial charge in [0, 0.05) is 24.7 Å². The van der Waals surface area contributed by atoms with Gasteiger partial charge in [-0.2, -0.15) is 5.26 Å². The van der Waals surface area contributed by atoms with Crippen molar-refractivity contribution in [3.8, 4) is 6.07 Å². The van der Waals surface area contributed by atoms with Crippen LogP contribution in [0.1, 0.15) is 43.0 Å². The molecular weight excluding hydrogens is 250 g/mol. The van der Waals surface area contributed by atoms with E-state index in [2.05, 4.69) is 11.0 Å². The first-order chi connectivity index (χ1) is 9.69. The maximum Gasteiger partial charge on any atom is 0.146 e. The Morgan fingerprint density at radius 1 is 1.45 bits per heavy atom. The van der Waals surface area contributed by atoms with E-state index >= 15 is 0 Å². The monoisotopic (exact) mass is 269 g/mol. The van der Waals surface area contributed by atoms with Crippen LogP contribution >= 0.6 is 0 Å². The molecule has 0 N–H and O–H groups in total. The molecule has 4 heteroatoms. The third kappa shape index (κ3) is 2.29. The Hall–Kier alpha value is -1.89. The van der Waals surface area contributed by atoms with Crippen LogP contribution in [0.2, 0.25) is 0 Å². The first kappa shape index (κ1) is 13.1. The highest BCUT2D eigenvalue weighted by atomic mass is 16.1. The number of pyridine rings is 1. The van der Waals surface area contributed by atoms with Crippen LogP contribution in [-0.4, -0.2) is 23.9 Å². The Balaban J connectivity index is 1.93. The Kier molecular flexibility index (Phi) is 3.43. The summed E-state index contributed by atoms with van der Waals surface area (Å²) in [5.41, 5.74) is 3.03. The number of carbonyl (C=O) groups excluding carboxylic acids is 1. The highest BCUT2D eigenvalue weighted by Crippen LogP contribution is 2.29. The van der Waals surface area contributed by atoms with E-state index in [1.54, 1.807) is 6.92 Å². The van der Waals surface area contributed by atoms with Gasteiger partial charge >= 0.3 is 0 Å². The maximum atomic E-state index is 11.6. The van der Waals surface area contributed by atoms with Gasteiger partial charge in [0.1, 0.15) is 17.7 Å². The van der Waals surface area contributed by atoms with Gasteiger partial charge in [-0.3, -0.25) is 4.79 Å². The lowest BCUT2D eigenvalue weighted by molar-refractivity contribution is -0.120. The predicted molar refractivity (Wildman–Crippen MR) is 76.6 cm³/mol. The standard InChI is InChI=1S/C16H19N3O/c1-11(20)13-5-3-7-19(10-13)16-14(9-17)8-12-4-2-6-15(12)18-16/h8,13H,2-7,10H2,1H3. The summed E-state index contributed by atoms with van der Waals surface area (Å²) in [6, 6.07) is 4.28. The summed E-state index contributed by atoms with van der Waals surface area (Å²) < 4.78 is 0. The molecule has 1 aromatic heterocycles. The number of hydrogen-bond donors (Lipinski definition) is 0. The van der Waals surface area contributed by atoms with Crippen molar-refractivity contribution in [2.45, 2.75) is 39.0 Å². The summed E-state index contributed by atoms with van der Waals surface area (Å²) in [7, 11) is 0. The van der Waals surface area contributed by atoms with Crippen molar-refractivity contribution in [2.75, 3.05) is 18.0 Å². The first-order valence-corrected chi connectivity index (χ1v) is 7.37. The molecule has 104 valence electrons. The zero-order valence-electron chi connectivity index (χ0n) is 11.9. The van der Waals surface area contributed by atoms with Crippen LogP contribution in [0.15, 0.2) is 6.07 Å². The minimum atomic E-state index is 0.0883. The average molecular weight is 269 g/mol. The highest BCUT2D eigenvalue weighted by Gasteiger charge is 2.27. The van der Waals surface area contributed by atoms with Crippen LogP contribution in [0.5, 0.6) is 0 Å². The molecule has 20 heavy (non-hydrogen) atoms. The second kappa shape index (κ2) is 5.24. The minimum absolute atomic E-state index is 0.0883. The summed E-state index contributed by atoms with van der Waals surface area (Å²) in [6.45, 7) is 3.26. The van der Waals surface area contributed by atoms with Crippen molar-refractivity contribution in [2.24, 2.45) is 5.92 Å². The first-order valence-electron chi connectivity index (χ1n) is 7.37. The highest BCUT2D eigenvalue weighted by molar-refractivity contribution is 5.79.